The molecule has 1 unspecified atom stereocenters. The van der Waals surface area contributed by atoms with Gasteiger partial charge in [-0.25, -0.2) is 19.2 Å². The molecule has 0 saturated heterocycles. The molecule has 0 saturated carbocycles. The van der Waals surface area contributed by atoms with Crippen molar-refractivity contribution >= 4 is 23.9 Å². The highest BCUT2D eigenvalue weighted by molar-refractivity contribution is 5.89. The first kappa shape index (κ1) is 21.8. The Morgan fingerprint density at radius 1 is 0.880 bits per heavy atom. The number of allylic oxidation sites excluding steroid dienone is 1. The zero-order valence-electron chi connectivity index (χ0n) is 14.3. The molecular formula is C17H20O8. The molecule has 0 N–H and O–H groups in total. The van der Waals surface area contributed by atoms with E-state index in [1.54, 1.807) is 6.92 Å². The molecule has 0 aromatic carbocycles. The third-order valence-electron chi connectivity index (χ3n) is 2.77. The van der Waals surface area contributed by atoms with Crippen LogP contribution in [0.1, 0.15) is 20.8 Å². The zero-order valence-corrected chi connectivity index (χ0v) is 14.3. The highest BCUT2D eigenvalue weighted by Crippen LogP contribution is 2.26. The molecule has 0 amide bonds. The van der Waals surface area contributed by atoms with Crippen LogP contribution >= 0.6 is 0 Å². The Labute approximate surface area is 145 Å². The monoisotopic (exact) mass is 352 g/mol. The van der Waals surface area contributed by atoms with Crippen molar-refractivity contribution in [1.29, 1.82) is 0 Å². The van der Waals surface area contributed by atoms with E-state index in [0.717, 1.165) is 18.2 Å². The van der Waals surface area contributed by atoms with Crippen LogP contribution in [0.25, 0.3) is 0 Å². The van der Waals surface area contributed by atoms with Gasteiger partial charge in [-0.05, 0) is 20.8 Å². The number of hydrogen-bond acceptors (Lipinski definition) is 8. The topological polar surface area (TPSA) is 105 Å². The first-order valence-corrected chi connectivity index (χ1v) is 7.05. The van der Waals surface area contributed by atoms with E-state index in [2.05, 4.69) is 19.7 Å². The van der Waals surface area contributed by atoms with Crippen LogP contribution in [0, 0.1) is 0 Å². The maximum absolute atomic E-state index is 12.1. The lowest BCUT2D eigenvalue weighted by Crippen LogP contribution is -2.53. The Bertz CT molecular complexity index is 592. The number of esters is 4. The number of ether oxygens (including phenoxy) is 4. The van der Waals surface area contributed by atoms with E-state index >= 15 is 0 Å². The smallest absolute Gasteiger partial charge is 0.447 e. The van der Waals surface area contributed by atoms with Gasteiger partial charge in [0.15, 0.2) is 0 Å². The van der Waals surface area contributed by atoms with E-state index in [1.807, 2.05) is 0 Å². The summed E-state index contributed by atoms with van der Waals surface area (Å²) in [6, 6.07) is 0. The summed E-state index contributed by atoms with van der Waals surface area (Å²) in [4.78, 5) is 46.9. The van der Waals surface area contributed by atoms with Gasteiger partial charge in [-0.1, -0.05) is 25.8 Å². The molecule has 0 aliphatic carbocycles. The lowest BCUT2D eigenvalue weighted by Gasteiger charge is -2.34. The lowest BCUT2D eigenvalue weighted by atomic mass is 10.3. The first-order valence-electron chi connectivity index (χ1n) is 7.05. The van der Waals surface area contributed by atoms with Gasteiger partial charge in [0.25, 0.3) is 0 Å². The third-order valence-corrected chi connectivity index (χ3v) is 2.77. The molecule has 1 atom stereocenters. The van der Waals surface area contributed by atoms with Gasteiger partial charge >= 0.3 is 29.9 Å². The number of carbonyl (C=O) groups excluding carboxylic acids is 4. The SMILES string of the molecule is C=CC(=O)OC(C)C(OC(=O)C=C)(OC(=O)C=C)OC(=O)/C(C)=C/C. The van der Waals surface area contributed by atoms with Crippen molar-refractivity contribution in [2.24, 2.45) is 0 Å². The van der Waals surface area contributed by atoms with Crippen molar-refractivity contribution in [1.82, 2.24) is 0 Å². The standard InChI is InChI=1S/C17H20O8/c1-7-11(5)16(21)25-17(23-14(19)9-3,24-15(20)10-4)12(6)22-13(18)8-2/h7-10,12H,2-4H2,1,5-6H3/b11-7+. The zero-order chi connectivity index (χ0) is 19.6. The van der Waals surface area contributed by atoms with Crippen LogP contribution < -0.4 is 0 Å². The summed E-state index contributed by atoms with van der Waals surface area (Å²) in [5, 5.41) is 0. The number of carbonyl (C=O) groups is 4. The average molecular weight is 352 g/mol. The van der Waals surface area contributed by atoms with Crippen LogP contribution in [-0.2, 0) is 38.1 Å². The molecule has 8 nitrogen and oxygen atoms in total. The van der Waals surface area contributed by atoms with Crippen LogP contribution in [0.2, 0.25) is 0 Å². The molecule has 0 aromatic rings. The fraction of sp³-hybridized carbons (Fsp3) is 0.294. The summed E-state index contributed by atoms with van der Waals surface area (Å²) in [6.07, 6.45) is 2.20. The maximum atomic E-state index is 12.1. The predicted molar refractivity (Wildman–Crippen MR) is 86.6 cm³/mol. The average Bonchev–Trinajstić information content (AvgIpc) is 2.59. The fourth-order valence-corrected chi connectivity index (χ4v) is 1.30. The predicted octanol–water partition coefficient (Wildman–Crippen LogP) is 1.73. The third kappa shape index (κ3) is 6.46. The molecule has 0 radical (unpaired) electrons. The van der Waals surface area contributed by atoms with Crippen molar-refractivity contribution in [3.63, 3.8) is 0 Å². The van der Waals surface area contributed by atoms with Crippen LogP contribution in [0.15, 0.2) is 49.6 Å². The van der Waals surface area contributed by atoms with Crippen LogP contribution in [-0.4, -0.2) is 36.0 Å². The van der Waals surface area contributed by atoms with Crippen LogP contribution in [0.5, 0.6) is 0 Å². The van der Waals surface area contributed by atoms with Gasteiger partial charge in [0.1, 0.15) is 0 Å². The van der Waals surface area contributed by atoms with Crippen molar-refractivity contribution < 1.29 is 38.1 Å². The molecule has 0 aliphatic rings. The van der Waals surface area contributed by atoms with E-state index in [4.69, 9.17) is 18.9 Å². The van der Waals surface area contributed by atoms with E-state index < -0.39 is 36.0 Å². The Balaban J connectivity index is 6.03. The fourth-order valence-electron chi connectivity index (χ4n) is 1.30. The molecule has 0 fully saturated rings. The Kier molecular flexibility index (Phi) is 8.62. The second-order valence-corrected chi connectivity index (χ2v) is 4.50. The normalized spacial score (nSPS) is 12.2. The molecule has 0 aromatic heterocycles. The summed E-state index contributed by atoms with van der Waals surface area (Å²) in [6.45, 7) is 13.8. The first-order chi connectivity index (χ1) is 11.6. The summed E-state index contributed by atoms with van der Waals surface area (Å²) in [5.74, 6) is -6.78. The van der Waals surface area contributed by atoms with Crippen molar-refractivity contribution in [2.45, 2.75) is 32.8 Å². The van der Waals surface area contributed by atoms with Gasteiger partial charge in [-0.2, -0.15) is 0 Å². The molecule has 0 bridgehead atoms. The van der Waals surface area contributed by atoms with Crippen molar-refractivity contribution in [3.8, 4) is 0 Å². The molecule has 136 valence electrons. The molecule has 0 spiro atoms. The van der Waals surface area contributed by atoms with Gasteiger partial charge in [-0.3, -0.25) is 0 Å². The van der Waals surface area contributed by atoms with E-state index in [0.29, 0.717) is 0 Å². The minimum Gasteiger partial charge on any atom is -0.447 e. The van der Waals surface area contributed by atoms with E-state index in [1.165, 1.54) is 19.9 Å². The molecule has 0 rings (SSSR count). The van der Waals surface area contributed by atoms with Gasteiger partial charge in [0.05, 0.1) is 0 Å². The minimum atomic E-state index is -2.68. The second kappa shape index (κ2) is 9.86. The minimum absolute atomic E-state index is 0.121. The molecule has 0 heterocycles. The molecule has 0 aliphatic heterocycles. The Morgan fingerprint density at radius 2 is 1.32 bits per heavy atom. The van der Waals surface area contributed by atoms with Crippen molar-refractivity contribution in [2.75, 3.05) is 0 Å². The second-order valence-electron chi connectivity index (χ2n) is 4.50. The van der Waals surface area contributed by atoms with Crippen molar-refractivity contribution in [3.05, 3.63) is 49.6 Å². The largest absolute Gasteiger partial charge is 0.463 e. The summed E-state index contributed by atoms with van der Waals surface area (Å²) >= 11 is 0. The van der Waals surface area contributed by atoms with Gasteiger partial charge < -0.3 is 18.9 Å². The maximum Gasteiger partial charge on any atom is 0.463 e. The lowest BCUT2D eigenvalue weighted by molar-refractivity contribution is -0.356. The number of hydrogen-bond donors (Lipinski definition) is 0. The van der Waals surface area contributed by atoms with Gasteiger partial charge in [-0.15, -0.1) is 0 Å². The highest BCUT2D eigenvalue weighted by atomic mass is 16.9. The number of rotatable bonds is 9. The van der Waals surface area contributed by atoms with E-state index in [-0.39, 0.29) is 5.57 Å². The Morgan fingerprint density at radius 3 is 1.68 bits per heavy atom. The molecular weight excluding hydrogens is 332 g/mol. The van der Waals surface area contributed by atoms with E-state index in [9.17, 15) is 19.2 Å². The summed E-state index contributed by atoms with van der Waals surface area (Å²) in [7, 11) is 0. The molecule has 25 heavy (non-hydrogen) atoms. The van der Waals surface area contributed by atoms with Gasteiger partial charge in [0, 0.05) is 23.8 Å². The van der Waals surface area contributed by atoms with Crippen LogP contribution in [0.4, 0.5) is 0 Å². The quantitative estimate of drug-likeness (QED) is 0.351. The summed E-state index contributed by atoms with van der Waals surface area (Å²) in [5.41, 5.74) is 0.121. The Hall–Kier alpha value is -3.16. The van der Waals surface area contributed by atoms with Crippen LogP contribution in [0.3, 0.4) is 0 Å². The van der Waals surface area contributed by atoms with Gasteiger partial charge in [0.2, 0.25) is 6.10 Å². The molecule has 8 heteroatoms. The summed E-state index contributed by atoms with van der Waals surface area (Å²) < 4.78 is 19.7. The highest BCUT2D eigenvalue weighted by Gasteiger charge is 2.51.